The van der Waals surface area contributed by atoms with Crippen molar-refractivity contribution in [1.29, 1.82) is 0 Å². The van der Waals surface area contributed by atoms with E-state index in [-0.39, 0.29) is 0 Å². The highest BCUT2D eigenvalue weighted by atomic mass is 79.9. The Kier molecular flexibility index (Phi) is 6.12. The third kappa shape index (κ3) is 4.77. The molecule has 0 heterocycles. The van der Waals surface area contributed by atoms with Gasteiger partial charge in [0.25, 0.3) is 0 Å². The third-order valence-corrected chi connectivity index (χ3v) is 4.70. The fourth-order valence-corrected chi connectivity index (χ4v) is 3.23. The Labute approximate surface area is 132 Å². The second kappa shape index (κ2) is 7.86. The third-order valence-electron chi connectivity index (χ3n) is 3.39. The fourth-order valence-electron chi connectivity index (χ4n) is 2.27. The second-order valence-electron chi connectivity index (χ2n) is 4.78. The molecule has 2 aromatic carbocycles. The number of hydrogen-bond donors (Lipinski definition) is 0. The minimum absolute atomic E-state index is 0.608. The molecular weight excluding hydrogens is 364 g/mol. The number of aryl methyl sites for hydroxylation is 1. The molecule has 0 saturated heterocycles. The van der Waals surface area contributed by atoms with Crippen LogP contribution in [0.4, 0.5) is 0 Å². The van der Waals surface area contributed by atoms with Crippen molar-refractivity contribution in [2.45, 2.75) is 25.2 Å². The molecule has 0 nitrogen and oxygen atoms in total. The van der Waals surface area contributed by atoms with Crippen molar-refractivity contribution in [1.82, 2.24) is 0 Å². The van der Waals surface area contributed by atoms with E-state index >= 15 is 0 Å². The van der Waals surface area contributed by atoms with E-state index in [2.05, 4.69) is 86.5 Å². The maximum atomic E-state index is 3.65. The van der Waals surface area contributed by atoms with E-state index in [1.54, 1.807) is 0 Å². The van der Waals surface area contributed by atoms with Crippen LogP contribution in [0, 0.1) is 0 Å². The standard InChI is InChI=1S/C17H18Br2/c18-13-16(15-9-11-17(19)12-10-15)8-4-7-14-5-2-1-3-6-14/h1-3,5-6,9-12,16H,4,7-8,13H2. The molecule has 1 atom stereocenters. The van der Waals surface area contributed by atoms with Gasteiger partial charge in [0.2, 0.25) is 0 Å². The summed E-state index contributed by atoms with van der Waals surface area (Å²) in [5.41, 5.74) is 2.86. The molecule has 0 aromatic heterocycles. The van der Waals surface area contributed by atoms with Gasteiger partial charge in [-0.15, -0.1) is 0 Å². The first-order chi connectivity index (χ1) is 9.29. The minimum Gasteiger partial charge on any atom is -0.0921 e. The van der Waals surface area contributed by atoms with E-state index in [9.17, 15) is 0 Å². The van der Waals surface area contributed by atoms with Crippen LogP contribution in [0.25, 0.3) is 0 Å². The first-order valence-corrected chi connectivity index (χ1v) is 8.56. The second-order valence-corrected chi connectivity index (χ2v) is 6.34. The van der Waals surface area contributed by atoms with Gasteiger partial charge in [-0.05, 0) is 48.4 Å². The van der Waals surface area contributed by atoms with Crippen LogP contribution in [-0.2, 0) is 6.42 Å². The van der Waals surface area contributed by atoms with Gasteiger partial charge >= 0.3 is 0 Å². The highest BCUT2D eigenvalue weighted by Gasteiger charge is 2.09. The van der Waals surface area contributed by atoms with Crippen molar-refractivity contribution < 1.29 is 0 Å². The Balaban J connectivity index is 1.87. The van der Waals surface area contributed by atoms with Gasteiger partial charge in [-0.2, -0.15) is 0 Å². The predicted molar refractivity (Wildman–Crippen MR) is 90.1 cm³/mol. The Hall–Kier alpha value is -0.600. The molecule has 0 saturated carbocycles. The van der Waals surface area contributed by atoms with Gasteiger partial charge in [0, 0.05) is 9.80 Å². The van der Waals surface area contributed by atoms with Gasteiger partial charge < -0.3 is 0 Å². The number of hydrogen-bond acceptors (Lipinski definition) is 0. The lowest BCUT2D eigenvalue weighted by Crippen LogP contribution is -2.01. The monoisotopic (exact) mass is 380 g/mol. The molecule has 0 spiro atoms. The van der Waals surface area contributed by atoms with Crippen molar-refractivity contribution in [3.05, 3.63) is 70.2 Å². The lowest BCUT2D eigenvalue weighted by Gasteiger charge is -2.14. The van der Waals surface area contributed by atoms with E-state index in [1.165, 1.54) is 30.4 Å². The van der Waals surface area contributed by atoms with Crippen LogP contribution >= 0.6 is 31.9 Å². The largest absolute Gasteiger partial charge is 0.0921 e. The molecule has 100 valence electrons. The summed E-state index contributed by atoms with van der Waals surface area (Å²) in [6.07, 6.45) is 3.62. The SMILES string of the molecule is BrCC(CCCc1ccccc1)c1ccc(Br)cc1. The van der Waals surface area contributed by atoms with Crippen LogP contribution < -0.4 is 0 Å². The smallest absolute Gasteiger partial charge is 0.0175 e. The maximum absolute atomic E-state index is 3.65. The van der Waals surface area contributed by atoms with Gasteiger partial charge in [-0.25, -0.2) is 0 Å². The summed E-state index contributed by atoms with van der Waals surface area (Å²) >= 11 is 7.13. The number of benzene rings is 2. The lowest BCUT2D eigenvalue weighted by molar-refractivity contribution is 0.643. The Bertz CT molecular complexity index is 476. The Morgan fingerprint density at radius 3 is 2.21 bits per heavy atom. The van der Waals surface area contributed by atoms with E-state index in [0.29, 0.717) is 5.92 Å². The summed E-state index contributed by atoms with van der Waals surface area (Å²) < 4.78 is 1.15. The highest BCUT2D eigenvalue weighted by Crippen LogP contribution is 2.25. The molecule has 2 rings (SSSR count). The zero-order valence-corrected chi connectivity index (χ0v) is 14.0. The van der Waals surface area contributed by atoms with Crippen molar-refractivity contribution in [3.8, 4) is 0 Å². The Morgan fingerprint density at radius 1 is 0.895 bits per heavy atom. The maximum Gasteiger partial charge on any atom is 0.0175 e. The van der Waals surface area contributed by atoms with Crippen LogP contribution in [0.1, 0.15) is 29.9 Å². The molecule has 0 aliphatic carbocycles. The number of alkyl halides is 1. The molecule has 0 N–H and O–H groups in total. The Morgan fingerprint density at radius 2 is 1.58 bits per heavy atom. The fraction of sp³-hybridized carbons (Fsp3) is 0.294. The van der Waals surface area contributed by atoms with E-state index in [4.69, 9.17) is 0 Å². The van der Waals surface area contributed by atoms with Crippen LogP contribution in [-0.4, -0.2) is 5.33 Å². The highest BCUT2D eigenvalue weighted by molar-refractivity contribution is 9.10. The van der Waals surface area contributed by atoms with Gasteiger partial charge in [0.05, 0.1) is 0 Å². The summed E-state index contributed by atoms with van der Waals surface area (Å²) in [5, 5.41) is 1.03. The molecule has 2 aromatic rings. The first-order valence-electron chi connectivity index (χ1n) is 6.65. The van der Waals surface area contributed by atoms with Gasteiger partial charge in [0.15, 0.2) is 0 Å². The topological polar surface area (TPSA) is 0 Å². The van der Waals surface area contributed by atoms with Gasteiger partial charge in [-0.3, -0.25) is 0 Å². The van der Waals surface area contributed by atoms with Crippen LogP contribution in [0.3, 0.4) is 0 Å². The first kappa shape index (κ1) is 14.8. The minimum atomic E-state index is 0.608. The molecular formula is C17H18Br2. The predicted octanol–water partition coefficient (Wildman–Crippen LogP) is 5.95. The normalized spacial score (nSPS) is 12.3. The lowest BCUT2D eigenvalue weighted by atomic mass is 9.94. The van der Waals surface area contributed by atoms with Crippen molar-refractivity contribution in [3.63, 3.8) is 0 Å². The van der Waals surface area contributed by atoms with Crippen LogP contribution in [0.2, 0.25) is 0 Å². The molecule has 0 aliphatic rings. The van der Waals surface area contributed by atoms with Crippen LogP contribution in [0.5, 0.6) is 0 Å². The molecule has 0 aliphatic heterocycles. The molecule has 0 bridgehead atoms. The van der Waals surface area contributed by atoms with Gasteiger partial charge in [0.1, 0.15) is 0 Å². The molecule has 0 radical (unpaired) electrons. The summed E-state index contributed by atoms with van der Waals surface area (Å²) in [7, 11) is 0. The summed E-state index contributed by atoms with van der Waals surface area (Å²) in [5.74, 6) is 0.608. The average Bonchev–Trinajstić information content (AvgIpc) is 2.46. The quantitative estimate of drug-likeness (QED) is 0.542. The molecule has 19 heavy (non-hydrogen) atoms. The molecule has 0 fully saturated rings. The van der Waals surface area contributed by atoms with Crippen molar-refractivity contribution in [2.24, 2.45) is 0 Å². The van der Waals surface area contributed by atoms with Crippen LogP contribution in [0.15, 0.2) is 59.1 Å². The zero-order valence-electron chi connectivity index (χ0n) is 10.9. The summed E-state index contributed by atoms with van der Waals surface area (Å²) in [6, 6.07) is 19.4. The number of rotatable bonds is 6. The van der Waals surface area contributed by atoms with Gasteiger partial charge in [-0.1, -0.05) is 74.3 Å². The summed E-state index contributed by atoms with van der Waals surface area (Å²) in [6.45, 7) is 0. The molecule has 2 heteroatoms. The average molecular weight is 382 g/mol. The number of halogens is 2. The van der Waals surface area contributed by atoms with Crippen molar-refractivity contribution >= 4 is 31.9 Å². The zero-order chi connectivity index (χ0) is 13.5. The van der Waals surface area contributed by atoms with E-state index in [1.807, 2.05) is 0 Å². The van der Waals surface area contributed by atoms with E-state index in [0.717, 1.165) is 9.80 Å². The molecule has 0 amide bonds. The van der Waals surface area contributed by atoms with E-state index < -0.39 is 0 Å². The van der Waals surface area contributed by atoms with Crippen molar-refractivity contribution in [2.75, 3.05) is 5.33 Å². The molecule has 1 unspecified atom stereocenters. The summed E-state index contributed by atoms with van der Waals surface area (Å²) in [4.78, 5) is 0.